The van der Waals surface area contributed by atoms with Gasteiger partial charge in [0.05, 0.1) is 17.2 Å². The van der Waals surface area contributed by atoms with Gasteiger partial charge in [0.2, 0.25) is 0 Å². The van der Waals surface area contributed by atoms with Gasteiger partial charge in [-0.15, -0.1) is 0 Å². The Morgan fingerprint density at radius 2 is 2.16 bits per heavy atom. The number of carbonyl (C=O) groups excluding carboxylic acids is 1. The first-order chi connectivity index (χ1) is 12.0. The van der Waals surface area contributed by atoms with E-state index in [1.165, 1.54) is 24.7 Å². The summed E-state index contributed by atoms with van der Waals surface area (Å²) in [5, 5.41) is 11.1. The van der Waals surface area contributed by atoms with Crippen molar-refractivity contribution < 1.29 is 9.18 Å². The maximum Gasteiger partial charge on any atom is 0.179 e. The van der Waals surface area contributed by atoms with E-state index in [-0.39, 0.29) is 17.5 Å². The molecule has 6 heteroatoms. The summed E-state index contributed by atoms with van der Waals surface area (Å²) < 4.78 is 13.7. The Hall–Kier alpha value is -2.63. The van der Waals surface area contributed by atoms with E-state index in [2.05, 4.69) is 15.3 Å². The van der Waals surface area contributed by atoms with Crippen molar-refractivity contribution in [3.8, 4) is 0 Å². The van der Waals surface area contributed by atoms with Gasteiger partial charge >= 0.3 is 0 Å². The number of aromatic nitrogens is 2. The van der Waals surface area contributed by atoms with Crippen LogP contribution in [0.5, 0.6) is 0 Å². The fraction of sp³-hybridized carbons (Fsp3) is 0.368. The van der Waals surface area contributed by atoms with Gasteiger partial charge in [-0.1, -0.05) is 19.9 Å². The zero-order valence-electron chi connectivity index (χ0n) is 14.3. The highest BCUT2D eigenvalue weighted by atomic mass is 19.1. The van der Waals surface area contributed by atoms with Crippen LogP contribution < -0.4 is 5.32 Å². The third-order valence-corrected chi connectivity index (χ3v) is 4.29. The number of rotatable bonds is 7. The van der Waals surface area contributed by atoms with Gasteiger partial charge in [-0.3, -0.25) is 4.79 Å². The number of ketones is 1. The molecule has 0 radical (unpaired) electrons. The fourth-order valence-electron chi connectivity index (χ4n) is 2.84. The number of nitrogens with zero attached hydrogens (tertiary/aromatic N) is 2. The zero-order chi connectivity index (χ0) is 18.0. The van der Waals surface area contributed by atoms with E-state index in [0.717, 1.165) is 19.1 Å². The van der Waals surface area contributed by atoms with Crippen LogP contribution in [-0.2, 0) is 0 Å². The summed E-state index contributed by atoms with van der Waals surface area (Å²) in [5.41, 5.74) is 2.25. The van der Waals surface area contributed by atoms with E-state index in [1.54, 1.807) is 6.07 Å². The lowest BCUT2D eigenvalue weighted by molar-refractivity contribution is 0.0982. The molecular formula is C19H21FN4O. The van der Waals surface area contributed by atoms with Crippen LogP contribution >= 0.6 is 0 Å². The van der Waals surface area contributed by atoms with Crippen LogP contribution in [0.15, 0.2) is 30.7 Å². The molecule has 5 nitrogen and oxygen atoms in total. The lowest BCUT2D eigenvalue weighted by Crippen LogP contribution is -2.19. The van der Waals surface area contributed by atoms with Crippen molar-refractivity contribution in [3.05, 3.63) is 53.4 Å². The lowest BCUT2D eigenvalue weighted by atomic mass is 9.88. The number of hydrogen-bond donors (Lipinski definition) is 2. The molecule has 130 valence electrons. The molecule has 2 N–H and O–H groups in total. The SMILES string of the molecule is CC(C)c1ncncc1C(=O)C(C=N)c1ccc(F)cc1NC1CC1. The summed E-state index contributed by atoms with van der Waals surface area (Å²) in [6.07, 6.45) is 6.08. The van der Waals surface area contributed by atoms with Crippen LogP contribution in [0.3, 0.4) is 0 Å². The zero-order valence-corrected chi connectivity index (χ0v) is 14.3. The molecule has 0 amide bonds. The fourth-order valence-corrected chi connectivity index (χ4v) is 2.84. The minimum Gasteiger partial charge on any atom is -0.382 e. The van der Waals surface area contributed by atoms with Crippen LogP contribution in [0.2, 0.25) is 0 Å². The minimum atomic E-state index is -0.801. The lowest BCUT2D eigenvalue weighted by Gasteiger charge is -2.18. The first-order valence-electron chi connectivity index (χ1n) is 8.42. The highest BCUT2D eigenvalue weighted by molar-refractivity contribution is 6.11. The number of hydrogen-bond acceptors (Lipinski definition) is 5. The minimum absolute atomic E-state index is 0.0608. The first kappa shape index (κ1) is 17.2. The van der Waals surface area contributed by atoms with Gasteiger partial charge in [0.1, 0.15) is 12.1 Å². The number of nitrogens with one attached hydrogen (secondary N) is 2. The highest BCUT2D eigenvalue weighted by Gasteiger charge is 2.28. The Labute approximate surface area is 146 Å². The number of halogens is 1. The standard InChI is InChI=1S/C19H21FN4O/c1-11(2)18-16(9-22-10-23-18)19(25)15(8-21)14-6-3-12(20)7-17(14)24-13-4-5-13/h3,6-11,13,15,21,24H,4-5H2,1-2H3. The van der Waals surface area contributed by atoms with E-state index >= 15 is 0 Å². The Kier molecular flexibility index (Phi) is 4.88. The molecule has 25 heavy (non-hydrogen) atoms. The monoisotopic (exact) mass is 340 g/mol. The van der Waals surface area contributed by atoms with Gasteiger partial charge in [0.15, 0.2) is 5.78 Å². The quantitative estimate of drug-likeness (QED) is 0.591. The van der Waals surface area contributed by atoms with Crippen LogP contribution in [0.1, 0.15) is 60.1 Å². The molecule has 0 bridgehead atoms. The van der Waals surface area contributed by atoms with E-state index in [0.29, 0.717) is 28.6 Å². The van der Waals surface area contributed by atoms with E-state index in [1.807, 2.05) is 13.8 Å². The Morgan fingerprint density at radius 1 is 1.40 bits per heavy atom. The number of carbonyl (C=O) groups is 1. The summed E-state index contributed by atoms with van der Waals surface area (Å²) in [6, 6.07) is 4.60. The van der Waals surface area contributed by atoms with Crippen molar-refractivity contribution in [1.82, 2.24) is 9.97 Å². The maximum atomic E-state index is 13.7. The van der Waals surface area contributed by atoms with Gasteiger partial charge in [0.25, 0.3) is 0 Å². The third kappa shape index (κ3) is 3.73. The predicted molar refractivity (Wildman–Crippen MR) is 95.0 cm³/mol. The van der Waals surface area contributed by atoms with E-state index in [4.69, 9.17) is 5.41 Å². The van der Waals surface area contributed by atoms with Gasteiger partial charge in [0, 0.05) is 24.1 Å². The first-order valence-corrected chi connectivity index (χ1v) is 8.42. The Balaban J connectivity index is 2.00. The molecule has 1 aliphatic rings. The molecule has 1 aliphatic carbocycles. The number of Topliss-reactive ketones (excluding diaryl/α,β-unsaturated/α-hetero) is 1. The van der Waals surface area contributed by atoms with Crippen molar-refractivity contribution in [3.63, 3.8) is 0 Å². The average molecular weight is 340 g/mol. The molecule has 2 aromatic rings. The normalized spacial score (nSPS) is 15.0. The Bertz CT molecular complexity index is 802. The van der Waals surface area contributed by atoms with Gasteiger partial charge < -0.3 is 10.7 Å². The molecule has 1 heterocycles. The van der Waals surface area contributed by atoms with Crippen molar-refractivity contribution in [2.45, 2.75) is 44.6 Å². The van der Waals surface area contributed by atoms with Crippen LogP contribution in [-0.4, -0.2) is 28.0 Å². The van der Waals surface area contributed by atoms with E-state index < -0.39 is 5.92 Å². The molecule has 1 atom stereocenters. The van der Waals surface area contributed by atoms with Crippen LogP contribution in [0.25, 0.3) is 0 Å². The van der Waals surface area contributed by atoms with Crippen LogP contribution in [0, 0.1) is 11.2 Å². The molecule has 1 aromatic heterocycles. The van der Waals surface area contributed by atoms with Crippen LogP contribution in [0.4, 0.5) is 10.1 Å². The predicted octanol–water partition coefficient (Wildman–Crippen LogP) is 3.93. The van der Waals surface area contributed by atoms with Crippen molar-refractivity contribution >= 4 is 17.7 Å². The maximum absolute atomic E-state index is 13.7. The molecule has 0 spiro atoms. The molecule has 0 saturated heterocycles. The average Bonchev–Trinajstić information content (AvgIpc) is 3.41. The third-order valence-electron chi connectivity index (χ3n) is 4.29. The highest BCUT2D eigenvalue weighted by Crippen LogP contribution is 2.32. The second-order valence-corrected chi connectivity index (χ2v) is 6.64. The second-order valence-electron chi connectivity index (χ2n) is 6.64. The molecule has 3 rings (SSSR count). The van der Waals surface area contributed by atoms with Gasteiger partial charge in [-0.25, -0.2) is 14.4 Å². The summed E-state index contributed by atoms with van der Waals surface area (Å²) in [6.45, 7) is 3.91. The van der Waals surface area contributed by atoms with Gasteiger partial charge in [-0.05, 0) is 36.5 Å². The molecule has 0 aliphatic heterocycles. The van der Waals surface area contributed by atoms with Gasteiger partial charge in [-0.2, -0.15) is 0 Å². The summed E-state index contributed by atoms with van der Waals surface area (Å²) in [5.74, 6) is -1.35. The molecule has 1 saturated carbocycles. The second kappa shape index (κ2) is 7.09. The summed E-state index contributed by atoms with van der Waals surface area (Å²) in [7, 11) is 0. The number of benzene rings is 1. The van der Waals surface area contributed by atoms with E-state index in [9.17, 15) is 9.18 Å². The Morgan fingerprint density at radius 3 is 2.80 bits per heavy atom. The molecular weight excluding hydrogens is 319 g/mol. The topological polar surface area (TPSA) is 78.7 Å². The summed E-state index contributed by atoms with van der Waals surface area (Å²) >= 11 is 0. The molecule has 1 aromatic carbocycles. The van der Waals surface area contributed by atoms with Crippen molar-refractivity contribution in [2.75, 3.05) is 5.32 Å². The molecule has 1 fully saturated rings. The van der Waals surface area contributed by atoms with Crippen molar-refractivity contribution in [1.29, 1.82) is 5.41 Å². The number of anilines is 1. The smallest absolute Gasteiger partial charge is 0.179 e. The molecule has 1 unspecified atom stereocenters. The summed E-state index contributed by atoms with van der Waals surface area (Å²) in [4.78, 5) is 21.3. The van der Waals surface area contributed by atoms with Crippen molar-refractivity contribution in [2.24, 2.45) is 0 Å². The largest absolute Gasteiger partial charge is 0.382 e.